The van der Waals surface area contributed by atoms with Crippen molar-refractivity contribution in [1.82, 2.24) is 5.32 Å². The molecular formula is C17H20N4O2. The number of rotatable bonds is 3. The van der Waals surface area contributed by atoms with E-state index < -0.39 is 6.03 Å². The first-order valence-corrected chi connectivity index (χ1v) is 7.16. The molecule has 1 aromatic rings. The second-order valence-corrected chi connectivity index (χ2v) is 5.55. The van der Waals surface area contributed by atoms with Gasteiger partial charge in [0.25, 0.3) is 0 Å². The van der Waals surface area contributed by atoms with Gasteiger partial charge in [0.1, 0.15) is 0 Å². The molecule has 0 aliphatic heterocycles. The number of hydrogen-bond acceptors (Lipinski definition) is 4. The van der Waals surface area contributed by atoms with Crippen LogP contribution in [0.1, 0.15) is 13.8 Å². The SMILES string of the molecule is CC1=CC(=O)C(NC(N)=O)=C(C)C1=Nc1ccc(N(C)C)cc1. The summed E-state index contributed by atoms with van der Waals surface area (Å²) in [5.74, 6) is -0.277. The smallest absolute Gasteiger partial charge is 0.316 e. The number of aliphatic imine (C=N–C) groups is 1. The highest BCUT2D eigenvalue weighted by Gasteiger charge is 2.23. The van der Waals surface area contributed by atoms with E-state index in [2.05, 4.69) is 10.3 Å². The van der Waals surface area contributed by atoms with Crippen LogP contribution in [0.25, 0.3) is 0 Å². The molecule has 0 heterocycles. The minimum absolute atomic E-state index is 0.173. The van der Waals surface area contributed by atoms with Crippen molar-refractivity contribution in [3.05, 3.63) is 47.2 Å². The van der Waals surface area contributed by atoms with E-state index >= 15 is 0 Å². The molecule has 2 amide bonds. The van der Waals surface area contributed by atoms with Crippen LogP contribution in [-0.4, -0.2) is 31.6 Å². The zero-order chi connectivity index (χ0) is 17.1. The number of amides is 2. The Bertz CT molecular complexity index is 740. The molecule has 120 valence electrons. The topological polar surface area (TPSA) is 87.8 Å². The lowest BCUT2D eigenvalue weighted by atomic mass is 9.94. The molecule has 2 rings (SSSR count). The predicted octanol–water partition coefficient (Wildman–Crippen LogP) is 2.30. The molecule has 1 aromatic carbocycles. The summed E-state index contributed by atoms with van der Waals surface area (Å²) in [6.07, 6.45) is 1.45. The maximum absolute atomic E-state index is 12.0. The van der Waals surface area contributed by atoms with Gasteiger partial charge in [0.2, 0.25) is 5.78 Å². The maximum Gasteiger partial charge on any atom is 0.316 e. The highest BCUT2D eigenvalue weighted by atomic mass is 16.2. The van der Waals surface area contributed by atoms with Gasteiger partial charge in [-0.05, 0) is 49.8 Å². The molecule has 0 unspecified atom stereocenters. The fourth-order valence-corrected chi connectivity index (χ4v) is 2.34. The Morgan fingerprint density at radius 2 is 1.78 bits per heavy atom. The molecule has 0 spiro atoms. The number of benzene rings is 1. The fraction of sp³-hybridized carbons (Fsp3) is 0.235. The van der Waals surface area contributed by atoms with Crippen LogP contribution in [0.3, 0.4) is 0 Å². The largest absolute Gasteiger partial charge is 0.378 e. The number of primary amides is 1. The maximum atomic E-state index is 12.0. The third-order valence-electron chi connectivity index (χ3n) is 3.55. The molecule has 0 atom stereocenters. The van der Waals surface area contributed by atoms with Crippen molar-refractivity contribution in [3.8, 4) is 0 Å². The normalized spacial score (nSPS) is 16.4. The first-order valence-electron chi connectivity index (χ1n) is 7.16. The van der Waals surface area contributed by atoms with E-state index in [1.165, 1.54) is 6.08 Å². The summed E-state index contributed by atoms with van der Waals surface area (Å²) < 4.78 is 0. The third-order valence-corrected chi connectivity index (χ3v) is 3.55. The van der Waals surface area contributed by atoms with Gasteiger partial charge >= 0.3 is 6.03 Å². The minimum Gasteiger partial charge on any atom is -0.378 e. The van der Waals surface area contributed by atoms with E-state index in [1.54, 1.807) is 6.92 Å². The molecule has 0 radical (unpaired) electrons. The number of carbonyl (C=O) groups is 2. The van der Waals surface area contributed by atoms with Crippen molar-refractivity contribution in [2.75, 3.05) is 19.0 Å². The highest BCUT2D eigenvalue weighted by molar-refractivity contribution is 6.25. The number of nitrogens with two attached hydrogens (primary N) is 1. The van der Waals surface area contributed by atoms with E-state index in [9.17, 15) is 9.59 Å². The van der Waals surface area contributed by atoms with Crippen molar-refractivity contribution in [2.45, 2.75) is 13.8 Å². The van der Waals surface area contributed by atoms with Crippen LogP contribution in [0.5, 0.6) is 0 Å². The van der Waals surface area contributed by atoms with E-state index in [4.69, 9.17) is 5.73 Å². The Balaban J connectivity index is 2.42. The van der Waals surface area contributed by atoms with Crippen molar-refractivity contribution >= 4 is 28.9 Å². The van der Waals surface area contributed by atoms with Crippen molar-refractivity contribution in [1.29, 1.82) is 0 Å². The number of nitrogens with one attached hydrogen (secondary N) is 1. The average molecular weight is 312 g/mol. The molecule has 3 N–H and O–H groups in total. The number of ketones is 1. The summed E-state index contributed by atoms with van der Waals surface area (Å²) in [7, 11) is 3.93. The number of carbonyl (C=O) groups excluding carboxylic acids is 2. The van der Waals surface area contributed by atoms with Crippen molar-refractivity contribution in [2.24, 2.45) is 10.7 Å². The minimum atomic E-state index is -0.768. The van der Waals surface area contributed by atoms with Crippen LogP contribution >= 0.6 is 0 Å². The molecule has 1 aliphatic carbocycles. The molecule has 23 heavy (non-hydrogen) atoms. The van der Waals surface area contributed by atoms with E-state index in [-0.39, 0.29) is 11.5 Å². The predicted molar refractivity (Wildman–Crippen MR) is 92.0 cm³/mol. The molecular weight excluding hydrogens is 292 g/mol. The number of anilines is 1. The Kier molecular flexibility index (Phi) is 4.64. The number of allylic oxidation sites excluding steroid dienone is 3. The van der Waals surface area contributed by atoms with Gasteiger partial charge in [-0.1, -0.05) is 0 Å². The second-order valence-electron chi connectivity index (χ2n) is 5.55. The molecule has 0 saturated heterocycles. The summed E-state index contributed by atoms with van der Waals surface area (Å²) in [5, 5.41) is 2.38. The number of nitrogens with zero attached hydrogens (tertiary/aromatic N) is 2. The Morgan fingerprint density at radius 1 is 1.17 bits per heavy atom. The standard InChI is InChI=1S/C17H20N4O2/c1-10-9-14(22)16(20-17(18)23)11(2)15(10)19-12-5-7-13(8-6-12)21(3)4/h5-9H,1-4H3,(H3,18,20,23). The summed E-state index contributed by atoms with van der Waals surface area (Å²) in [5.41, 5.74) is 9.15. The third kappa shape index (κ3) is 3.66. The quantitative estimate of drug-likeness (QED) is 0.839. The lowest BCUT2D eigenvalue weighted by Crippen LogP contribution is -2.35. The van der Waals surface area contributed by atoms with Crippen LogP contribution in [0, 0.1) is 0 Å². The average Bonchev–Trinajstić information content (AvgIpc) is 2.48. The van der Waals surface area contributed by atoms with Gasteiger partial charge in [0, 0.05) is 25.4 Å². The molecule has 6 nitrogen and oxygen atoms in total. The molecule has 0 saturated carbocycles. The molecule has 1 aliphatic rings. The second kappa shape index (κ2) is 6.48. The molecule has 0 fully saturated rings. The number of hydrogen-bond donors (Lipinski definition) is 2. The van der Waals surface area contributed by atoms with Crippen LogP contribution < -0.4 is 16.0 Å². The number of urea groups is 1. The zero-order valence-corrected chi connectivity index (χ0v) is 13.7. The van der Waals surface area contributed by atoms with Gasteiger partial charge in [-0.3, -0.25) is 4.79 Å². The molecule has 0 aromatic heterocycles. The lowest BCUT2D eigenvalue weighted by molar-refractivity contribution is -0.111. The van der Waals surface area contributed by atoms with Crippen LogP contribution in [0.2, 0.25) is 0 Å². The van der Waals surface area contributed by atoms with Crippen molar-refractivity contribution in [3.63, 3.8) is 0 Å². The first kappa shape index (κ1) is 16.5. The van der Waals surface area contributed by atoms with E-state index in [0.29, 0.717) is 11.3 Å². The lowest BCUT2D eigenvalue weighted by Gasteiger charge is -2.18. The van der Waals surface area contributed by atoms with E-state index in [1.807, 2.05) is 50.2 Å². The zero-order valence-electron chi connectivity index (χ0n) is 13.7. The van der Waals surface area contributed by atoms with Gasteiger partial charge in [-0.15, -0.1) is 0 Å². The highest BCUT2D eigenvalue weighted by Crippen LogP contribution is 2.24. The van der Waals surface area contributed by atoms with Gasteiger partial charge in [-0.2, -0.15) is 0 Å². The summed E-state index contributed by atoms with van der Waals surface area (Å²) in [6.45, 7) is 3.56. The molecule has 6 heteroatoms. The van der Waals surface area contributed by atoms with E-state index in [0.717, 1.165) is 16.9 Å². The fourth-order valence-electron chi connectivity index (χ4n) is 2.34. The summed E-state index contributed by atoms with van der Waals surface area (Å²) in [6, 6.07) is 6.97. The first-order chi connectivity index (χ1) is 10.8. The van der Waals surface area contributed by atoms with Gasteiger partial charge in [0.15, 0.2) is 0 Å². The van der Waals surface area contributed by atoms with Gasteiger partial charge in [0.05, 0.1) is 17.1 Å². The van der Waals surface area contributed by atoms with Crippen molar-refractivity contribution < 1.29 is 9.59 Å². The van der Waals surface area contributed by atoms with Gasteiger partial charge < -0.3 is 16.0 Å². The van der Waals surface area contributed by atoms with Crippen LogP contribution in [-0.2, 0) is 4.79 Å². The molecule has 0 bridgehead atoms. The Labute approximate surface area is 135 Å². The Hall–Kier alpha value is -2.89. The van der Waals surface area contributed by atoms with Gasteiger partial charge in [-0.25, -0.2) is 9.79 Å². The summed E-state index contributed by atoms with van der Waals surface area (Å²) in [4.78, 5) is 29.7. The van der Waals surface area contributed by atoms with Crippen LogP contribution in [0.4, 0.5) is 16.2 Å². The van der Waals surface area contributed by atoms with Crippen LogP contribution in [0.15, 0.2) is 52.2 Å². The Morgan fingerprint density at radius 3 is 2.30 bits per heavy atom. The monoisotopic (exact) mass is 312 g/mol. The summed E-state index contributed by atoms with van der Waals surface area (Å²) >= 11 is 0.